The smallest absolute Gasteiger partial charge is 0.0702 e. The molecule has 0 unspecified atom stereocenters. The van der Waals surface area contributed by atoms with Crippen LogP contribution in [0.15, 0.2) is 12.7 Å². The average Bonchev–Trinajstić information content (AvgIpc) is 2.16. The van der Waals surface area contributed by atoms with Gasteiger partial charge < -0.3 is 0 Å². The van der Waals surface area contributed by atoms with Crippen molar-refractivity contribution in [3.05, 3.63) is 12.7 Å². The lowest BCUT2D eigenvalue weighted by Gasteiger charge is -1.87. The van der Waals surface area contributed by atoms with Gasteiger partial charge in [-0.05, 0) is 6.42 Å². The molecule has 0 bridgehead atoms. The Bertz CT molecular complexity index is 226. The Morgan fingerprint density at radius 3 is 2.54 bits per heavy atom. The van der Waals surface area contributed by atoms with Gasteiger partial charge in [-0.2, -0.15) is 0 Å². The Morgan fingerprint density at radius 2 is 1.85 bits per heavy atom. The summed E-state index contributed by atoms with van der Waals surface area (Å²) >= 11 is 0. The second-order valence-electron chi connectivity index (χ2n) is 2.83. The summed E-state index contributed by atoms with van der Waals surface area (Å²) in [5.74, 6) is 12.1. The van der Waals surface area contributed by atoms with Crippen molar-refractivity contribution in [2.24, 2.45) is 0 Å². The fraction of sp³-hybridized carbons (Fsp3) is 0.538. The van der Waals surface area contributed by atoms with E-state index >= 15 is 0 Å². The van der Waals surface area contributed by atoms with Crippen LogP contribution in [0.1, 0.15) is 45.4 Å². The topological polar surface area (TPSA) is 0 Å². The van der Waals surface area contributed by atoms with E-state index in [2.05, 4.69) is 37.2 Å². The molecule has 0 aliphatic carbocycles. The zero-order chi connectivity index (χ0) is 9.78. The number of allylic oxidation sites excluding steroid dienone is 1. The fourth-order valence-corrected chi connectivity index (χ4v) is 0.865. The Balaban J connectivity index is 3.30. The molecule has 0 aliphatic heterocycles. The van der Waals surface area contributed by atoms with Gasteiger partial charge in [0.15, 0.2) is 0 Å². The standard InChI is InChI=1S/C13H18/c1-3-5-7-9-11-13-12-10-8-6-4-2/h3H,1,4-6,8,10-11H2,2H3. The summed E-state index contributed by atoms with van der Waals surface area (Å²) < 4.78 is 0. The van der Waals surface area contributed by atoms with Crippen molar-refractivity contribution < 1.29 is 0 Å². The summed E-state index contributed by atoms with van der Waals surface area (Å²) in [4.78, 5) is 0. The summed E-state index contributed by atoms with van der Waals surface area (Å²) in [6.45, 7) is 5.79. The third kappa shape index (κ3) is 10.9. The molecule has 70 valence electrons. The van der Waals surface area contributed by atoms with Crippen LogP contribution >= 0.6 is 0 Å². The van der Waals surface area contributed by atoms with Crippen LogP contribution in [0.4, 0.5) is 0 Å². The van der Waals surface area contributed by atoms with Crippen LogP contribution in [-0.4, -0.2) is 0 Å². The Labute approximate surface area is 82.4 Å². The average molecular weight is 174 g/mol. The highest BCUT2D eigenvalue weighted by molar-refractivity contribution is 5.12. The maximum absolute atomic E-state index is 3.59. The molecule has 0 N–H and O–H groups in total. The van der Waals surface area contributed by atoms with Crippen molar-refractivity contribution in [3.8, 4) is 23.7 Å². The SMILES string of the molecule is C=CCC#CCC#CCCCCC. The van der Waals surface area contributed by atoms with E-state index in [0.717, 1.165) is 12.8 Å². The molecule has 0 atom stereocenters. The first-order valence-corrected chi connectivity index (χ1v) is 4.94. The van der Waals surface area contributed by atoms with Gasteiger partial charge in [0.25, 0.3) is 0 Å². The Hall–Kier alpha value is -1.14. The van der Waals surface area contributed by atoms with Gasteiger partial charge in [-0.15, -0.1) is 12.5 Å². The molecular weight excluding hydrogens is 156 g/mol. The summed E-state index contributed by atoms with van der Waals surface area (Å²) in [6.07, 6.45) is 8.09. The molecule has 0 aromatic heterocycles. The van der Waals surface area contributed by atoms with Gasteiger partial charge in [-0.1, -0.05) is 43.6 Å². The van der Waals surface area contributed by atoms with Gasteiger partial charge in [-0.3, -0.25) is 0 Å². The molecule has 0 nitrogen and oxygen atoms in total. The van der Waals surface area contributed by atoms with Crippen molar-refractivity contribution >= 4 is 0 Å². The maximum atomic E-state index is 3.59. The number of unbranched alkanes of at least 4 members (excludes halogenated alkanes) is 3. The predicted octanol–water partition coefficient (Wildman–Crippen LogP) is 3.54. The summed E-state index contributed by atoms with van der Waals surface area (Å²) in [6, 6.07) is 0. The van der Waals surface area contributed by atoms with Crippen LogP contribution < -0.4 is 0 Å². The number of hydrogen-bond acceptors (Lipinski definition) is 0. The van der Waals surface area contributed by atoms with E-state index < -0.39 is 0 Å². The Morgan fingerprint density at radius 1 is 1.08 bits per heavy atom. The Kier molecular flexibility index (Phi) is 9.91. The first-order valence-electron chi connectivity index (χ1n) is 4.94. The number of rotatable bonds is 4. The van der Waals surface area contributed by atoms with Crippen molar-refractivity contribution in [2.45, 2.75) is 45.4 Å². The molecule has 0 amide bonds. The van der Waals surface area contributed by atoms with Crippen molar-refractivity contribution in [1.29, 1.82) is 0 Å². The lowest BCUT2D eigenvalue weighted by atomic mass is 10.2. The highest BCUT2D eigenvalue weighted by Gasteiger charge is 1.79. The second-order valence-corrected chi connectivity index (χ2v) is 2.83. The van der Waals surface area contributed by atoms with Crippen LogP contribution in [0.2, 0.25) is 0 Å². The molecule has 0 radical (unpaired) electrons. The summed E-state index contributed by atoms with van der Waals surface area (Å²) in [7, 11) is 0. The predicted molar refractivity (Wildman–Crippen MR) is 59.1 cm³/mol. The third-order valence-corrected chi connectivity index (χ3v) is 1.58. The molecular formula is C13H18. The molecule has 0 heterocycles. The van der Waals surface area contributed by atoms with Crippen molar-refractivity contribution in [3.63, 3.8) is 0 Å². The van der Waals surface area contributed by atoms with Crippen LogP contribution in [0.5, 0.6) is 0 Å². The quantitative estimate of drug-likeness (QED) is 0.347. The molecule has 0 heteroatoms. The van der Waals surface area contributed by atoms with Crippen LogP contribution in [-0.2, 0) is 0 Å². The minimum atomic E-state index is 0.708. The van der Waals surface area contributed by atoms with Gasteiger partial charge in [0.05, 0.1) is 6.42 Å². The molecule has 0 saturated heterocycles. The summed E-state index contributed by atoms with van der Waals surface area (Å²) in [5.41, 5.74) is 0. The zero-order valence-corrected chi connectivity index (χ0v) is 8.53. The second kappa shape index (κ2) is 10.9. The van der Waals surface area contributed by atoms with Crippen molar-refractivity contribution in [1.82, 2.24) is 0 Å². The first kappa shape index (κ1) is 11.9. The van der Waals surface area contributed by atoms with Crippen LogP contribution in [0.25, 0.3) is 0 Å². The van der Waals surface area contributed by atoms with Crippen LogP contribution in [0, 0.1) is 23.7 Å². The molecule has 0 aromatic rings. The molecule has 0 spiro atoms. The van der Waals surface area contributed by atoms with E-state index in [4.69, 9.17) is 0 Å². The van der Waals surface area contributed by atoms with E-state index in [-0.39, 0.29) is 0 Å². The van der Waals surface area contributed by atoms with E-state index in [9.17, 15) is 0 Å². The normalized spacial score (nSPS) is 7.77. The van der Waals surface area contributed by atoms with E-state index in [0.29, 0.717) is 6.42 Å². The third-order valence-electron chi connectivity index (χ3n) is 1.58. The molecule has 0 aliphatic rings. The molecule has 0 rings (SSSR count). The lowest BCUT2D eigenvalue weighted by Crippen LogP contribution is -1.71. The first-order chi connectivity index (χ1) is 6.41. The maximum Gasteiger partial charge on any atom is 0.0702 e. The highest BCUT2D eigenvalue weighted by Crippen LogP contribution is 1.96. The van der Waals surface area contributed by atoms with Crippen molar-refractivity contribution in [2.75, 3.05) is 0 Å². The molecule has 13 heavy (non-hydrogen) atoms. The minimum absolute atomic E-state index is 0.708. The van der Waals surface area contributed by atoms with Gasteiger partial charge in [0, 0.05) is 12.8 Å². The minimum Gasteiger partial charge on any atom is -0.102 e. The lowest BCUT2D eigenvalue weighted by molar-refractivity contribution is 0.737. The van der Waals surface area contributed by atoms with E-state index in [1.54, 1.807) is 0 Å². The largest absolute Gasteiger partial charge is 0.102 e. The van der Waals surface area contributed by atoms with E-state index in [1.165, 1.54) is 19.3 Å². The molecule has 0 fully saturated rings. The fourth-order valence-electron chi connectivity index (χ4n) is 0.865. The van der Waals surface area contributed by atoms with Crippen LogP contribution in [0.3, 0.4) is 0 Å². The number of hydrogen-bond donors (Lipinski definition) is 0. The highest BCUT2D eigenvalue weighted by atomic mass is 13.8. The van der Waals surface area contributed by atoms with Gasteiger partial charge in [0.2, 0.25) is 0 Å². The summed E-state index contributed by atoms with van der Waals surface area (Å²) in [5, 5.41) is 0. The zero-order valence-electron chi connectivity index (χ0n) is 8.53. The van der Waals surface area contributed by atoms with Gasteiger partial charge in [-0.25, -0.2) is 0 Å². The van der Waals surface area contributed by atoms with Gasteiger partial charge in [0.1, 0.15) is 0 Å². The monoisotopic (exact) mass is 174 g/mol. The molecule has 0 saturated carbocycles. The molecule has 0 aromatic carbocycles. The van der Waals surface area contributed by atoms with Gasteiger partial charge >= 0.3 is 0 Å². The van der Waals surface area contributed by atoms with E-state index in [1.807, 2.05) is 6.08 Å².